The monoisotopic (exact) mass is 573 g/mol. The lowest BCUT2D eigenvalue weighted by Crippen LogP contribution is -2.13. The molecule has 0 N–H and O–H groups in total. The summed E-state index contributed by atoms with van der Waals surface area (Å²) < 4.78 is 0. The van der Waals surface area contributed by atoms with Gasteiger partial charge in [-0.05, 0) is 62.7 Å². The molecule has 0 heterocycles. The number of hydrogen-bond acceptors (Lipinski definition) is 1. The predicted octanol–water partition coefficient (Wildman–Crippen LogP) is 12.5. The number of benzene rings is 8. The van der Waals surface area contributed by atoms with Crippen molar-refractivity contribution < 1.29 is 0 Å². The molecule has 0 aromatic heterocycles. The van der Waals surface area contributed by atoms with Crippen LogP contribution in [0.4, 0.5) is 17.1 Å². The Labute approximate surface area is 264 Å². The summed E-state index contributed by atoms with van der Waals surface area (Å²) in [6.07, 6.45) is 0. The minimum atomic E-state index is 1.13. The zero-order valence-corrected chi connectivity index (χ0v) is 24.8. The number of anilines is 3. The van der Waals surface area contributed by atoms with E-state index < -0.39 is 0 Å². The summed E-state index contributed by atoms with van der Waals surface area (Å²) in [6.45, 7) is 0. The summed E-state index contributed by atoms with van der Waals surface area (Å²) in [7, 11) is 0. The third kappa shape index (κ3) is 4.95. The molecule has 0 saturated carbocycles. The quantitative estimate of drug-likeness (QED) is 0.191. The summed E-state index contributed by atoms with van der Waals surface area (Å²) in [4.78, 5) is 2.45. The maximum atomic E-state index is 2.45. The molecule has 0 aliphatic rings. The van der Waals surface area contributed by atoms with Gasteiger partial charge in [0.2, 0.25) is 0 Å². The van der Waals surface area contributed by atoms with Crippen molar-refractivity contribution in [2.45, 2.75) is 0 Å². The molecule has 0 amide bonds. The van der Waals surface area contributed by atoms with E-state index in [-0.39, 0.29) is 0 Å². The highest BCUT2D eigenvalue weighted by Crippen LogP contribution is 2.46. The summed E-state index contributed by atoms with van der Waals surface area (Å²) in [5, 5.41) is 4.94. The average Bonchev–Trinajstić information content (AvgIpc) is 3.12. The van der Waals surface area contributed by atoms with Gasteiger partial charge >= 0.3 is 0 Å². The van der Waals surface area contributed by atoms with Crippen LogP contribution in [0.25, 0.3) is 54.9 Å². The number of para-hydroxylation sites is 2. The van der Waals surface area contributed by atoms with Crippen LogP contribution in [0.15, 0.2) is 188 Å². The Morgan fingerprint density at radius 2 is 0.689 bits per heavy atom. The number of nitrogens with zero attached hydrogens (tertiary/aromatic N) is 1. The van der Waals surface area contributed by atoms with Crippen molar-refractivity contribution in [3.63, 3.8) is 0 Å². The highest BCUT2D eigenvalue weighted by molar-refractivity contribution is 6.03. The van der Waals surface area contributed by atoms with Crippen molar-refractivity contribution in [2.24, 2.45) is 0 Å². The van der Waals surface area contributed by atoms with E-state index in [0.717, 1.165) is 17.1 Å². The molecule has 0 unspecified atom stereocenters. The van der Waals surface area contributed by atoms with Crippen molar-refractivity contribution in [3.05, 3.63) is 188 Å². The van der Waals surface area contributed by atoms with Crippen LogP contribution in [-0.4, -0.2) is 0 Å². The van der Waals surface area contributed by atoms with E-state index in [1.807, 2.05) is 0 Å². The molecule has 0 spiro atoms. The average molecular weight is 574 g/mol. The van der Waals surface area contributed by atoms with Crippen molar-refractivity contribution >= 4 is 38.6 Å². The van der Waals surface area contributed by atoms with E-state index in [1.54, 1.807) is 0 Å². The molecule has 0 radical (unpaired) electrons. The van der Waals surface area contributed by atoms with Crippen molar-refractivity contribution in [1.82, 2.24) is 0 Å². The molecule has 8 aromatic carbocycles. The molecule has 0 atom stereocenters. The van der Waals surface area contributed by atoms with E-state index in [4.69, 9.17) is 0 Å². The number of fused-ring (bicyclic) bond motifs is 2. The SMILES string of the molecule is c1ccc(-c2ccccc2N(c2ccccc2-c2cccc(-c3cccc4ccccc34)c2)c2cccc3ccccc23)cc1. The van der Waals surface area contributed by atoms with Crippen LogP contribution in [0.2, 0.25) is 0 Å². The molecule has 0 aliphatic heterocycles. The van der Waals surface area contributed by atoms with Crippen molar-refractivity contribution in [1.29, 1.82) is 0 Å². The van der Waals surface area contributed by atoms with Crippen LogP contribution < -0.4 is 4.90 Å². The lowest BCUT2D eigenvalue weighted by atomic mass is 9.94. The highest BCUT2D eigenvalue weighted by atomic mass is 15.1. The van der Waals surface area contributed by atoms with Crippen LogP contribution in [0, 0.1) is 0 Å². The molecular formula is C44H31N. The van der Waals surface area contributed by atoms with Crippen molar-refractivity contribution in [2.75, 3.05) is 4.90 Å². The normalized spacial score (nSPS) is 11.1. The van der Waals surface area contributed by atoms with Crippen LogP contribution in [-0.2, 0) is 0 Å². The van der Waals surface area contributed by atoms with E-state index in [1.165, 1.54) is 54.9 Å². The smallest absolute Gasteiger partial charge is 0.0540 e. The predicted molar refractivity (Wildman–Crippen MR) is 192 cm³/mol. The van der Waals surface area contributed by atoms with Crippen LogP contribution in [0.1, 0.15) is 0 Å². The fourth-order valence-electron chi connectivity index (χ4n) is 6.57. The second kappa shape index (κ2) is 11.6. The standard InChI is InChI=1S/C44H31N/c1-2-15-33(16-3-1)39-25-8-10-28-42(39)45(44-30-14-20-34-18-5-7-24-40(34)44)43-29-11-9-26-41(43)36-22-12-21-35(31-36)38-27-13-19-32-17-4-6-23-37(32)38/h1-31H. The molecular weight excluding hydrogens is 542 g/mol. The van der Waals surface area contributed by atoms with Gasteiger partial charge in [-0.2, -0.15) is 0 Å². The van der Waals surface area contributed by atoms with Crippen LogP contribution in [0.5, 0.6) is 0 Å². The minimum Gasteiger partial charge on any atom is -0.309 e. The second-order valence-corrected chi connectivity index (χ2v) is 11.3. The van der Waals surface area contributed by atoms with Crippen molar-refractivity contribution in [3.8, 4) is 33.4 Å². The second-order valence-electron chi connectivity index (χ2n) is 11.3. The van der Waals surface area contributed by atoms with Gasteiger partial charge in [0.15, 0.2) is 0 Å². The molecule has 8 aromatic rings. The lowest BCUT2D eigenvalue weighted by molar-refractivity contribution is 1.30. The van der Waals surface area contributed by atoms with Gasteiger partial charge in [0.05, 0.1) is 17.1 Å². The van der Waals surface area contributed by atoms with Gasteiger partial charge in [-0.1, -0.05) is 164 Å². The van der Waals surface area contributed by atoms with E-state index in [2.05, 4.69) is 193 Å². The van der Waals surface area contributed by atoms with Gasteiger partial charge in [0, 0.05) is 16.5 Å². The molecule has 8 rings (SSSR count). The van der Waals surface area contributed by atoms with E-state index in [0.29, 0.717) is 0 Å². The Morgan fingerprint density at radius 3 is 1.42 bits per heavy atom. The Bertz CT molecular complexity index is 2270. The third-order valence-corrected chi connectivity index (χ3v) is 8.66. The maximum absolute atomic E-state index is 2.45. The summed E-state index contributed by atoms with van der Waals surface area (Å²) in [5.41, 5.74) is 10.6. The highest BCUT2D eigenvalue weighted by Gasteiger charge is 2.22. The van der Waals surface area contributed by atoms with Crippen LogP contribution >= 0.6 is 0 Å². The van der Waals surface area contributed by atoms with Gasteiger partial charge < -0.3 is 4.90 Å². The maximum Gasteiger partial charge on any atom is 0.0540 e. The Hall–Kier alpha value is -5.92. The molecule has 45 heavy (non-hydrogen) atoms. The van der Waals surface area contributed by atoms with Gasteiger partial charge in [-0.3, -0.25) is 0 Å². The molecule has 1 nitrogen and oxygen atoms in total. The first-order valence-electron chi connectivity index (χ1n) is 15.5. The minimum absolute atomic E-state index is 1.13. The number of rotatable bonds is 6. The Balaban J connectivity index is 1.37. The molecule has 0 aliphatic carbocycles. The van der Waals surface area contributed by atoms with Gasteiger partial charge in [-0.15, -0.1) is 0 Å². The Kier molecular flexibility index (Phi) is 6.90. The molecule has 1 heteroatoms. The van der Waals surface area contributed by atoms with E-state index in [9.17, 15) is 0 Å². The molecule has 212 valence electrons. The summed E-state index contributed by atoms with van der Waals surface area (Å²) in [6, 6.07) is 67.7. The zero-order chi connectivity index (χ0) is 30.0. The van der Waals surface area contributed by atoms with Gasteiger partial charge in [-0.25, -0.2) is 0 Å². The first-order chi connectivity index (χ1) is 22.3. The number of hydrogen-bond donors (Lipinski definition) is 0. The first kappa shape index (κ1) is 26.7. The fraction of sp³-hybridized carbons (Fsp3) is 0. The van der Waals surface area contributed by atoms with E-state index >= 15 is 0 Å². The fourth-order valence-corrected chi connectivity index (χ4v) is 6.57. The topological polar surface area (TPSA) is 3.24 Å². The Morgan fingerprint density at radius 1 is 0.267 bits per heavy atom. The summed E-state index contributed by atoms with van der Waals surface area (Å²) >= 11 is 0. The van der Waals surface area contributed by atoms with Gasteiger partial charge in [0.25, 0.3) is 0 Å². The van der Waals surface area contributed by atoms with Crippen LogP contribution in [0.3, 0.4) is 0 Å². The van der Waals surface area contributed by atoms with Gasteiger partial charge in [0.1, 0.15) is 0 Å². The molecule has 0 bridgehead atoms. The zero-order valence-electron chi connectivity index (χ0n) is 24.8. The first-order valence-corrected chi connectivity index (χ1v) is 15.5. The molecule has 0 saturated heterocycles. The molecule has 0 fully saturated rings. The largest absolute Gasteiger partial charge is 0.309 e. The third-order valence-electron chi connectivity index (χ3n) is 8.66. The summed E-state index contributed by atoms with van der Waals surface area (Å²) in [5.74, 6) is 0. The lowest BCUT2D eigenvalue weighted by Gasteiger charge is -2.31.